The summed E-state index contributed by atoms with van der Waals surface area (Å²) in [5.41, 5.74) is 0. The standard InChI is InChI=1S/C11H16O4/c1-8(12)6-7-10(14)4-3-5-11(15)9(2)13/h3-7H2,1-2H3. The molecule has 0 saturated heterocycles. The first-order valence-corrected chi connectivity index (χ1v) is 4.98. The van der Waals surface area contributed by atoms with E-state index in [-0.39, 0.29) is 37.2 Å². The Kier molecular flexibility index (Phi) is 6.42. The third-order valence-electron chi connectivity index (χ3n) is 2.01. The Bertz CT molecular complexity index is 278. The lowest BCUT2D eigenvalue weighted by Crippen LogP contribution is -2.10. The summed E-state index contributed by atoms with van der Waals surface area (Å²) in [6.07, 6.45) is 1.30. The normalized spacial score (nSPS) is 9.73. The van der Waals surface area contributed by atoms with Crippen molar-refractivity contribution in [1.29, 1.82) is 0 Å². The average molecular weight is 212 g/mol. The van der Waals surface area contributed by atoms with Crippen molar-refractivity contribution in [2.24, 2.45) is 0 Å². The first-order chi connectivity index (χ1) is 6.93. The number of hydrogen-bond donors (Lipinski definition) is 0. The van der Waals surface area contributed by atoms with Crippen LogP contribution in [0.3, 0.4) is 0 Å². The molecular weight excluding hydrogens is 196 g/mol. The minimum absolute atomic E-state index is 0.0110. The summed E-state index contributed by atoms with van der Waals surface area (Å²) in [4.78, 5) is 43.1. The molecule has 0 heterocycles. The molecule has 0 aromatic heterocycles. The van der Waals surface area contributed by atoms with Gasteiger partial charge in [-0.25, -0.2) is 0 Å². The van der Waals surface area contributed by atoms with Crippen LogP contribution in [0, 0.1) is 0 Å². The SMILES string of the molecule is CC(=O)CCC(=O)CCCC(=O)C(C)=O. The van der Waals surface area contributed by atoms with Gasteiger partial charge in [-0.2, -0.15) is 0 Å². The molecule has 0 amide bonds. The van der Waals surface area contributed by atoms with Gasteiger partial charge in [0.2, 0.25) is 0 Å². The maximum Gasteiger partial charge on any atom is 0.198 e. The lowest BCUT2D eigenvalue weighted by atomic mass is 10.1. The van der Waals surface area contributed by atoms with Crippen LogP contribution in [0.15, 0.2) is 0 Å². The zero-order valence-electron chi connectivity index (χ0n) is 9.17. The van der Waals surface area contributed by atoms with E-state index in [1.807, 2.05) is 0 Å². The first-order valence-electron chi connectivity index (χ1n) is 4.98. The molecule has 0 aromatic carbocycles. The maximum absolute atomic E-state index is 11.2. The summed E-state index contributed by atoms with van der Waals surface area (Å²) >= 11 is 0. The summed E-state index contributed by atoms with van der Waals surface area (Å²) in [6, 6.07) is 0. The molecule has 15 heavy (non-hydrogen) atoms. The van der Waals surface area contributed by atoms with E-state index in [4.69, 9.17) is 0 Å². The van der Waals surface area contributed by atoms with Gasteiger partial charge in [0, 0.05) is 32.6 Å². The summed E-state index contributed by atoms with van der Waals surface area (Å²) in [5, 5.41) is 0. The van der Waals surface area contributed by atoms with Crippen LogP contribution in [0.2, 0.25) is 0 Å². The van der Waals surface area contributed by atoms with E-state index >= 15 is 0 Å². The summed E-state index contributed by atoms with van der Waals surface area (Å²) < 4.78 is 0. The van der Waals surface area contributed by atoms with Gasteiger partial charge in [-0.1, -0.05) is 0 Å². The monoisotopic (exact) mass is 212 g/mol. The highest BCUT2D eigenvalue weighted by atomic mass is 16.2. The predicted molar refractivity (Wildman–Crippen MR) is 54.5 cm³/mol. The topological polar surface area (TPSA) is 68.3 Å². The molecule has 0 aliphatic carbocycles. The van der Waals surface area contributed by atoms with Gasteiger partial charge in [0.15, 0.2) is 11.6 Å². The fourth-order valence-corrected chi connectivity index (χ4v) is 1.06. The van der Waals surface area contributed by atoms with Gasteiger partial charge in [0.05, 0.1) is 0 Å². The zero-order valence-corrected chi connectivity index (χ0v) is 9.17. The highest BCUT2D eigenvalue weighted by Crippen LogP contribution is 2.03. The first kappa shape index (κ1) is 13.7. The van der Waals surface area contributed by atoms with Crippen LogP contribution >= 0.6 is 0 Å². The van der Waals surface area contributed by atoms with Gasteiger partial charge in [-0.15, -0.1) is 0 Å². The van der Waals surface area contributed by atoms with Crippen LogP contribution in [0.25, 0.3) is 0 Å². The van der Waals surface area contributed by atoms with Gasteiger partial charge in [0.25, 0.3) is 0 Å². The maximum atomic E-state index is 11.2. The van der Waals surface area contributed by atoms with Crippen molar-refractivity contribution >= 4 is 23.1 Å². The molecule has 0 aliphatic heterocycles. The lowest BCUT2D eigenvalue weighted by Gasteiger charge is -1.98. The van der Waals surface area contributed by atoms with Crippen molar-refractivity contribution in [2.75, 3.05) is 0 Å². The van der Waals surface area contributed by atoms with Crippen molar-refractivity contribution in [3.63, 3.8) is 0 Å². The third-order valence-corrected chi connectivity index (χ3v) is 2.01. The van der Waals surface area contributed by atoms with E-state index in [1.54, 1.807) is 0 Å². The van der Waals surface area contributed by atoms with Crippen LogP contribution in [0.5, 0.6) is 0 Å². The molecule has 0 N–H and O–H groups in total. The van der Waals surface area contributed by atoms with E-state index in [1.165, 1.54) is 13.8 Å². The van der Waals surface area contributed by atoms with Gasteiger partial charge in [-0.05, 0) is 13.3 Å². The van der Waals surface area contributed by atoms with Crippen LogP contribution in [0.4, 0.5) is 0 Å². The smallest absolute Gasteiger partial charge is 0.198 e. The molecule has 0 bridgehead atoms. The highest BCUT2D eigenvalue weighted by molar-refractivity contribution is 6.36. The lowest BCUT2D eigenvalue weighted by molar-refractivity contribution is -0.135. The Morgan fingerprint density at radius 2 is 1.40 bits per heavy atom. The number of carbonyl (C=O) groups excluding carboxylic acids is 4. The molecule has 0 spiro atoms. The van der Waals surface area contributed by atoms with Crippen LogP contribution < -0.4 is 0 Å². The summed E-state index contributed by atoms with van der Waals surface area (Å²) in [7, 11) is 0. The molecule has 4 heteroatoms. The number of Topliss-reactive ketones (excluding diaryl/α,β-unsaturated/α-hetero) is 4. The minimum atomic E-state index is -0.466. The average Bonchev–Trinajstić information content (AvgIpc) is 2.14. The Morgan fingerprint density at radius 3 is 1.87 bits per heavy atom. The number of carbonyl (C=O) groups is 4. The molecule has 0 fully saturated rings. The van der Waals surface area contributed by atoms with E-state index in [9.17, 15) is 19.2 Å². The number of ketones is 4. The van der Waals surface area contributed by atoms with E-state index in [0.29, 0.717) is 6.42 Å². The number of rotatable bonds is 8. The highest BCUT2D eigenvalue weighted by Gasteiger charge is 2.09. The number of hydrogen-bond acceptors (Lipinski definition) is 4. The van der Waals surface area contributed by atoms with Gasteiger partial charge in [0.1, 0.15) is 11.6 Å². The van der Waals surface area contributed by atoms with Crippen molar-refractivity contribution in [2.45, 2.75) is 46.0 Å². The molecule has 0 atom stereocenters. The molecule has 0 aliphatic rings. The zero-order chi connectivity index (χ0) is 11.8. The van der Waals surface area contributed by atoms with Crippen LogP contribution in [-0.2, 0) is 19.2 Å². The van der Waals surface area contributed by atoms with Crippen molar-refractivity contribution < 1.29 is 19.2 Å². The van der Waals surface area contributed by atoms with Gasteiger partial charge in [-0.3, -0.25) is 14.4 Å². The molecule has 0 radical (unpaired) electrons. The fraction of sp³-hybridized carbons (Fsp3) is 0.636. The van der Waals surface area contributed by atoms with E-state index in [0.717, 1.165) is 0 Å². The van der Waals surface area contributed by atoms with Gasteiger partial charge < -0.3 is 4.79 Å². The predicted octanol–water partition coefficient (Wildman–Crippen LogP) is 1.25. The quantitative estimate of drug-likeness (QED) is 0.568. The summed E-state index contributed by atoms with van der Waals surface area (Å²) in [6.45, 7) is 2.66. The fourth-order valence-electron chi connectivity index (χ4n) is 1.06. The van der Waals surface area contributed by atoms with E-state index < -0.39 is 11.6 Å². The largest absolute Gasteiger partial charge is 0.300 e. The van der Waals surface area contributed by atoms with Crippen LogP contribution in [0.1, 0.15) is 46.0 Å². The molecule has 0 unspecified atom stereocenters. The molecule has 4 nitrogen and oxygen atoms in total. The second kappa shape index (κ2) is 7.04. The molecule has 0 saturated carbocycles. The molecule has 0 rings (SSSR count). The second-order valence-corrected chi connectivity index (χ2v) is 3.57. The van der Waals surface area contributed by atoms with Gasteiger partial charge >= 0.3 is 0 Å². The Morgan fingerprint density at radius 1 is 0.800 bits per heavy atom. The van der Waals surface area contributed by atoms with Crippen LogP contribution in [-0.4, -0.2) is 23.1 Å². The second-order valence-electron chi connectivity index (χ2n) is 3.57. The van der Waals surface area contributed by atoms with Crippen molar-refractivity contribution in [3.8, 4) is 0 Å². The Labute approximate surface area is 89.0 Å². The minimum Gasteiger partial charge on any atom is -0.300 e. The van der Waals surface area contributed by atoms with Crippen molar-refractivity contribution in [3.05, 3.63) is 0 Å². The Balaban J connectivity index is 3.59. The molecule has 0 aromatic rings. The third kappa shape index (κ3) is 7.73. The van der Waals surface area contributed by atoms with Crippen molar-refractivity contribution in [1.82, 2.24) is 0 Å². The Hall–Kier alpha value is -1.32. The molecular formula is C11H16O4. The summed E-state index contributed by atoms with van der Waals surface area (Å²) in [5.74, 6) is -0.940. The van der Waals surface area contributed by atoms with E-state index in [2.05, 4.69) is 0 Å². The molecule has 84 valence electrons.